The van der Waals surface area contributed by atoms with E-state index in [0.717, 1.165) is 4.90 Å². The summed E-state index contributed by atoms with van der Waals surface area (Å²) in [6.07, 6.45) is 1.37. The van der Waals surface area contributed by atoms with E-state index in [0.29, 0.717) is 12.6 Å². The predicted molar refractivity (Wildman–Crippen MR) is 90.1 cm³/mol. The molecule has 24 heavy (non-hydrogen) atoms. The van der Waals surface area contributed by atoms with Gasteiger partial charge in [-0.15, -0.1) is 0 Å². The summed E-state index contributed by atoms with van der Waals surface area (Å²) in [5.74, 6) is -1.44. The lowest BCUT2D eigenvalue weighted by atomic mass is 10.0. The number of phenolic OH excluding ortho intramolecular Hbond substituents is 1. The van der Waals surface area contributed by atoms with Crippen LogP contribution in [0.4, 0.5) is 0 Å². The van der Waals surface area contributed by atoms with E-state index in [9.17, 15) is 24.3 Å². The summed E-state index contributed by atoms with van der Waals surface area (Å²) in [6, 6.07) is 3.25. The van der Waals surface area contributed by atoms with E-state index in [-0.39, 0.29) is 29.7 Å². The van der Waals surface area contributed by atoms with Crippen molar-refractivity contribution in [2.24, 2.45) is 0 Å². The van der Waals surface area contributed by atoms with Crippen LogP contribution in [-0.2, 0) is 9.59 Å². The molecule has 2 N–H and O–H groups in total. The average molecular weight is 336 g/mol. The Bertz CT molecular complexity index is 586. The van der Waals surface area contributed by atoms with Crippen molar-refractivity contribution in [1.82, 2.24) is 10.2 Å². The summed E-state index contributed by atoms with van der Waals surface area (Å²) in [5, 5.41) is 12.3. The van der Waals surface area contributed by atoms with Gasteiger partial charge in [0.15, 0.2) is 6.29 Å². The molecule has 0 aliphatic carbocycles. The molecule has 0 radical (unpaired) electrons. The van der Waals surface area contributed by atoms with Gasteiger partial charge in [-0.2, -0.15) is 0 Å². The van der Waals surface area contributed by atoms with Crippen LogP contribution in [0.5, 0.6) is 5.75 Å². The number of amides is 2. The second-order valence-corrected chi connectivity index (χ2v) is 4.65. The monoisotopic (exact) mass is 336 g/mol. The Morgan fingerprint density at radius 2 is 1.92 bits per heavy atom. The van der Waals surface area contributed by atoms with Gasteiger partial charge < -0.3 is 20.1 Å². The smallest absolute Gasteiger partial charge is 0.258 e. The van der Waals surface area contributed by atoms with Gasteiger partial charge in [-0.1, -0.05) is 26.0 Å². The number of rotatable bonds is 7. The predicted octanol–water partition coefficient (Wildman–Crippen LogP) is 1.40. The Hall–Kier alpha value is -2.70. The molecular weight excluding hydrogens is 312 g/mol. The first kappa shape index (κ1) is 21.3. The fourth-order valence-electron chi connectivity index (χ4n) is 2.10. The fourth-order valence-corrected chi connectivity index (χ4v) is 2.10. The summed E-state index contributed by atoms with van der Waals surface area (Å²) in [6.45, 7) is 4.00. The number of carbonyl (C=O) groups excluding carboxylic acids is 4. The summed E-state index contributed by atoms with van der Waals surface area (Å²) >= 11 is 0. The molecule has 1 rings (SSSR count). The number of hydrogen-bond donors (Lipinski definition) is 2. The van der Waals surface area contributed by atoms with E-state index >= 15 is 0 Å². The summed E-state index contributed by atoms with van der Waals surface area (Å²) in [4.78, 5) is 47.1. The van der Waals surface area contributed by atoms with Crippen LogP contribution in [0.1, 0.15) is 47.4 Å². The number of aromatic hydroxyl groups is 1. The molecule has 1 atom stereocenters. The normalized spacial score (nSPS) is 10.7. The molecule has 0 aromatic heterocycles. The van der Waals surface area contributed by atoms with Crippen molar-refractivity contribution in [3.63, 3.8) is 0 Å². The van der Waals surface area contributed by atoms with Crippen LogP contribution in [0.25, 0.3) is 0 Å². The van der Waals surface area contributed by atoms with Crippen molar-refractivity contribution in [2.75, 3.05) is 14.1 Å². The number of benzene rings is 1. The van der Waals surface area contributed by atoms with Gasteiger partial charge in [-0.3, -0.25) is 14.4 Å². The van der Waals surface area contributed by atoms with E-state index in [1.165, 1.54) is 32.3 Å². The number of carbonyl (C=O) groups is 4. The maximum Gasteiger partial charge on any atom is 0.258 e. The molecule has 7 heteroatoms. The molecule has 0 bridgehead atoms. The second kappa shape index (κ2) is 10.9. The minimum Gasteiger partial charge on any atom is -0.507 e. The molecule has 132 valence electrons. The number of nitrogens with zero attached hydrogens (tertiary/aromatic N) is 1. The number of nitrogens with one attached hydrogen (secondary N) is 1. The minimum absolute atomic E-state index is 0.0305. The third-order valence-electron chi connectivity index (χ3n) is 3.31. The van der Waals surface area contributed by atoms with Gasteiger partial charge in [0, 0.05) is 26.1 Å². The van der Waals surface area contributed by atoms with E-state index in [1.54, 1.807) is 0 Å². The molecule has 1 aromatic rings. The molecular formula is C17H24N2O5. The summed E-state index contributed by atoms with van der Waals surface area (Å²) in [5.41, 5.74) is -0.136. The fraction of sp³-hybridized carbons (Fsp3) is 0.412. The van der Waals surface area contributed by atoms with E-state index in [1.807, 2.05) is 13.8 Å². The summed E-state index contributed by atoms with van der Waals surface area (Å²) in [7, 11) is 2.81. The molecule has 0 spiro atoms. The van der Waals surface area contributed by atoms with Crippen molar-refractivity contribution in [1.29, 1.82) is 0 Å². The van der Waals surface area contributed by atoms with Gasteiger partial charge in [-0.25, -0.2) is 0 Å². The van der Waals surface area contributed by atoms with Crippen molar-refractivity contribution in [3.05, 3.63) is 29.3 Å². The maximum atomic E-state index is 12.5. The van der Waals surface area contributed by atoms with Crippen molar-refractivity contribution < 1.29 is 24.3 Å². The highest BCUT2D eigenvalue weighted by Gasteiger charge is 2.29. The zero-order chi connectivity index (χ0) is 18.7. The lowest BCUT2D eigenvalue weighted by Gasteiger charge is -2.27. The van der Waals surface area contributed by atoms with Crippen LogP contribution in [-0.4, -0.2) is 54.5 Å². The van der Waals surface area contributed by atoms with E-state index in [4.69, 9.17) is 0 Å². The largest absolute Gasteiger partial charge is 0.507 e. The SMILES string of the molecule is CC.CNC(=O)C(CCC=O)N(C)C(=O)c1c(O)cccc1C=O. The molecule has 1 unspecified atom stereocenters. The van der Waals surface area contributed by atoms with Crippen LogP contribution in [0.2, 0.25) is 0 Å². The standard InChI is InChI=1S/C15H18N2O5.C2H6/c1-16-14(21)11(6-4-8-18)17(2)15(22)13-10(9-19)5-3-7-12(13)20;1-2/h3,5,7-9,11,20H,4,6H2,1-2H3,(H,16,21);1-2H3. The van der Waals surface area contributed by atoms with Crippen LogP contribution in [0.3, 0.4) is 0 Å². The Kier molecular flexibility index (Phi) is 9.70. The topological polar surface area (TPSA) is 104 Å². The molecule has 0 saturated carbocycles. The van der Waals surface area contributed by atoms with Crippen LogP contribution in [0.15, 0.2) is 18.2 Å². The Labute approximate surface area is 141 Å². The van der Waals surface area contributed by atoms with Crippen molar-refractivity contribution >= 4 is 24.4 Å². The maximum absolute atomic E-state index is 12.5. The van der Waals surface area contributed by atoms with E-state index in [2.05, 4.69) is 5.32 Å². The first-order valence-electron chi connectivity index (χ1n) is 7.67. The molecule has 0 aliphatic heterocycles. The zero-order valence-corrected chi connectivity index (χ0v) is 14.4. The highest BCUT2D eigenvalue weighted by molar-refractivity contribution is 6.05. The average Bonchev–Trinajstić information content (AvgIpc) is 2.62. The van der Waals surface area contributed by atoms with Crippen LogP contribution >= 0.6 is 0 Å². The zero-order valence-electron chi connectivity index (χ0n) is 14.4. The van der Waals surface area contributed by atoms with Crippen molar-refractivity contribution in [2.45, 2.75) is 32.7 Å². The first-order chi connectivity index (χ1) is 11.5. The first-order valence-corrected chi connectivity index (χ1v) is 7.67. The van der Waals surface area contributed by atoms with Crippen LogP contribution in [0, 0.1) is 0 Å². The van der Waals surface area contributed by atoms with Crippen molar-refractivity contribution in [3.8, 4) is 5.75 Å². The lowest BCUT2D eigenvalue weighted by molar-refractivity contribution is -0.125. The highest BCUT2D eigenvalue weighted by atomic mass is 16.3. The lowest BCUT2D eigenvalue weighted by Crippen LogP contribution is -2.47. The molecule has 1 aromatic carbocycles. The molecule has 2 amide bonds. The number of likely N-dealkylation sites (N-methyl/N-ethyl adjacent to an activating group) is 2. The molecule has 7 nitrogen and oxygen atoms in total. The van der Waals surface area contributed by atoms with Gasteiger partial charge in [0.2, 0.25) is 5.91 Å². The van der Waals surface area contributed by atoms with Gasteiger partial charge >= 0.3 is 0 Å². The Morgan fingerprint density at radius 1 is 1.29 bits per heavy atom. The Morgan fingerprint density at radius 3 is 2.42 bits per heavy atom. The third kappa shape index (κ3) is 5.19. The third-order valence-corrected chi connectivity index (χ3v) is 3.31. The quantitative estimate of drug-likeness (QED) is 0.733. The number of hydrogen-bond acceptors (Lipinski definition) is 5. The number of aldehydes is 2. The summed E-state index contributed by atoms with van der Waals surface area (Å²) < 4.78 is 0. The van der Waals surface area contributed by atoms with Gasteiger partial charge in [0.25, 0.3) is 5.91 Å². The van der Waals surface area contributed by atoms with E-state index < -0.39 is 17.9 Å². The second-order valence-electron chi connectivity index (χ2n) is 4.65. The van der Waals surface area contributed by atoms with Gasteiger partial charge in [0.1, 0.15) is 18.1 Å². The highest BCUT2D eigenvalue weighted by Crippen LogP contribution is 2.23. The molecule has 0 heterocycles. The van der Waals surface area contributed by atoms with Gasteiger partial charge in [0.05, 0.1) is 5.56 Å². The van der Waals surface area contributed by atoms with Crippen LogP contribution < -0.4 is 5.32 Å². The Balaban J connectivity index is 0.00000254. The molecule has 0 fully saturated rings. The molecule has 0 aliphatic rings. The molecule has 0 saturated heterocycles. The number of phenols is 1. The minimum atomic E-state index is -0.873. The van der Waals surface area contributed by atoms with Gasteiger partial charge in [-0.05, 0) is 12.5 Å².